The van der Waals surface area contributed by atoms with Crippen LogP contribution in [0.1, 0.15) is 24.4 Å². The Morgan fingerprint density at radius 2 is 1.95 bits per heavy atom. The Kier molecular flexibility index (Phi) is 3.60. The molecule has 0 saturated heterocycles. The SMILES string of the molecule is Cc1ccc(NC(C)c2nc3ccccc3n2C)c(Cl)c1. The van der Waals surface area contributed by atoms with Gasteiger partial charge in [-0.3, -0.25) is 0 Å². The van der Waals surface area contributed by atoms with Crippen molar-refractivity contribution in [3.05, 3.63) is 58.9 Å². The highest BCUT2D eigenvalue weighted by atomic mass is 35.5. The van der Waals surface area contributed by atoms with Gasteiger partial charge in [-0.1, -0.05) is 29.8 Å². The van der Waals surface area contributed by atoms with Crippen molar-refractivity contribution in [3.8, 4) is 0 Å². The van der Waals surface area contributed by atoms with Gasteiger partial charge in [0.05, 0.1) is 27.8 Å². The van der Waals surface area contributed by atoms with Crippen LogP contribution in [0.25, 0.3) is 11.0 Å². The summed E-state index contributed by atoms with van der Waals surface area (Å²) >= 11 is 6.29. The molecular formula is C17H18ClN3. The van der Waals surface area contributed by atoms with E-state index in [1.54, 1.807) is 0 Å². The summed E-state index contributed by atoms with van der Waals surface area (Å²) in [7, 11) is 2.04. The lowest BCUT2D eigenvalue weighted by atomic mass is 10.2. The lowest BCUT2D eigenvalue weighted by Gasteiger charge is -2.16. The number of rotatable bonds is 3. The van der Waals surface area contributed by atoms with Gasteiger partial charge in [0.25, 0.3) is 0 Å². The summed E-state index contributed by atoms with van der Waals surface area (Å²) in [6.45, 7) is 4.13. The van der Waals surface area contributed by atoms with E-state index in [1.165, 1.54) is 0 Å². The molecule has 0 radical (unpaired) electrons. The molecule has 0 bridgehead atoms. The number of halogens is 1. The number of aryl methyl sites for hydroxylation is 2. The van der Waals surface area contributed by atoms with E-state index in [-0.39, 0.29) is 6.04 Å². The van der Waals surface area contributed by atoms with E-state index < -0.39 is 0 Å². The zero-order valence-corrected chi connectivity index (χ0v) is 13.1. The summed E-state index contributed by atoms with van der Waals surface area (Å²) in [6, 6.07) is 14.2. The van der Waals surface area contributed by atoms with Crippen LogP contribution in [0.3, 0.4) is 0 Å². The summed E-state index contributed by atoms with van der Waals surface area (Å²) in [6.07, 6.45) is 0. The maximum Gasteiger partial charge on any atom is 0.131 e. The zero-order valence-electron chi connectivity index (χ0n) is 12.4. The van der Waals surface area contributed by atoms with Crippen molar-refractivity contribution >= 4 is 28.3 Å². The molecule has 1 unspecified atom stereocenters. The number of nitrogens with zero attached hydrogens (tertiary/aromatic N) is 2. The Labute approximate surface area is 129 Å². The summed E-state index contributed by atoms with van der Waals surface area (Å²) < 4.78 is 2.12. The van der Waals surface area contributed by atoms with Gasteiger partial charge in [-0.25, -0.2) is 4.98 Å². The molecule has 1 aromatic heterocycles. The van der Waals surface area contributed by atoms with Gasteiger partial charge in [0.1, 0.15) is 5.82 Å². The molecule has 21 heavy (non-hydrogen) atoms. The minimum atomic E-state index is 0.0719. The first-order valence-corrected chi connectivity index (χ1v) is 7.38. The van der Waals surface area contributed by atoms with E-state index in [1.807, 2.05) is 44.3 Å². The van der Waals surface area contributed by atoms with Crippen LogP contribution in [0.4, 0.5) is 5.69 Å². The molecule has 1 heterocycles. The third-order valence-electron chi connectivity index (χ3n) is 3.71. The molecule has 0 aliphatic heterocycles. The summed E-state index contributed by atoms with van der Waals surface area (Å²) in [4.78, 5) is 4.71. The lowest BCUT2D eigenvalue weighted by molar-refractivity contribution is 0.734. The maximum atomic E-state index is 6.29. The molecule has 3 rings (SSSR count). The third kappa shape index (κ3) is 2.61. The second kappa shape index (κ2) is 5.41. The first kappa shape index (κ1) is 14.0. The Morgan fingerprint density at radius 1 is 1.19 bits per heavy atom. The molecule has 3 nitrogen and oxygen atoms in total. The monoisotopic (exact) mass is 299 g/mol. The van der Waals surface area contributed by atoms with Gasteiger partial charge in [0.2, 0.25) is 0 Å². The summed E-state index contributed by atoms with van der Waals surface area (Å²) in [5.74, 6) is 0.993. The predicted molar refractivity (Wildman–Crippen MR) is 88.9 cm³/mol. The van der Waals surface area contributed by atoms with Crippen molar-refractivity contribution in [1.29, 1.82) is 0 Å². The normalized spacial score (nSPS) is 12.6. The fraction of sp³-hybridized carbons (Fsp3) is 0.235. The van der Waals surface area contributed by atoms with E-state index in [2.05, 4.69) is 28.9 Å². The van der Waals surface area contributed by atoms with Crippen molar-refractivity contribution in [2.75, 3.05) is 5.32 Å². The Bertz CT molecular complexity index is 792. The van der Waals surface area contributed by atoms with E-state index in [0.717, 1.165) is 33.1 Å². The Balaban J connectivity index is 1.93. The molecule has 0 aliphatic carbocycles. The predicted octanol–water partition coefficient (Wildman–Crippen LogP) is 4.71. The Morgan fingerprint density at radius 3 is 2.67 bits per heavy atom. The average Bonchev–Trinajstić information content (AvgIpc) is 2.80. The van der Waals surface area contributed by atoms with Crippen LogP contribution in [-0.2, 0) is 7.05 Å². The molecule has 0 amide bonds. The molecule has 2 aromatic carbocycles. The van der Waals surface area contributed by atoms with E-state index in [0.29, 0.717) is 0 Å². The highest BCUT2D eigenvalue weighted by Gasteiger charge is 2.15. The first-order chi connectivity index (χ1) is 10.1. The van der Waals surface area contributed by atoms with Gasteiger partial charge in [-0.05, 0) is 43.7 Å². The number of anilines is 1. The number of imidazole rings is 1. The van der Waals surface area contributed by atoms with Crippen molar-refractivity contribution in [3.63, 3.8) is 0 Å². The molecule has 0 fully saturated rings. The van der Waals surface area contributed by atoms with Gasteiger partial charge in [-0.15, -0.1) is 0 Å². The smallest absolute Gasteiger partial charge is 0.131 e. The van der Waals surface area contributed by atoms with Gasteiger partial charge >= 0.3 is 0 Å². The number of nitrogens with one attached hydrogen (secondary N) is 1. The molecule has 1 atom stereocenters. The Hall–Kier alpha value is -2.00. The summed E-state index contributed by atoms with van der Waals surface area (Å²) in [5, 5.41) is 4.18. The highest BCUT2D eigenvalue weighted by Crippen LogP contribution is 2.27. The number of hydrogen-bond acceptors (Lipinski definition) is 2. The fourth-order valence-electron chi connectivity index (χ4n) is 2.59. The number of hydrogen-bond donors (Lipinski definition) is 1. The van der Waals surface area contributed by atoms with E-state index in [9.17, 15) is 0 Å². The molecule has 1 N–H and O–H groups in total. The van der Waals surface area contributed by atoms with Crippen LogP contribution in [0.15, 0.2) is 42.5 Å². The van der Waals surface area contributed by atoms with Crippen molar-refractivity contribution in [2.24, 2.45) is 7.05 Å². The van der Waals surface area contributed by atoms with Crippen LogP contribution < -0.4 is 5.32 Å². The standard InChI is InChI=1S/C17H18ClN3/c1-11-8-9-14(13(18)10-11)19-12(2)17-20-15-6-4-5-7-16(15)21(17)3/h4-10,12,19H,1-3H3. The van der Waals surface area contributed by atoms with Gasteiger partial charge < -0.3 is 9.88 Å². The van der Waals surface area contributed by atoms with Gasteiger partial charge in [0, 0.05) is 7.05 Å². The molecule has 108 valence electrons. The van der Waals surface area contributed by atoms with Crippen molar-refractivity contribution in [2.45, 2.75) is 19.9 Å². The second-order valence-corrected chi connectivity index (χ2v) is 5.77. The molecule has 0 spiro atoms. The van der Waals surface area contributed by atoms with Crippen molar-refractivity contribution in [1.82, 2.24) is 9.55 Å². The molecular weight excluding hydrogens is 282 g/mol. The van der Waals surface area contributed by atoms with Gasteiger partial charge in [-0.2, -0.15) is 0 Å². The number of benzene rings is 2. The van der Waals surface area contributed by atoms with Crippen LogP contribution >= 0.6 is 11.6 Å². The van der Waals surface area contributed by atoms with E-state index in [4.69, 9.17) is 16.6 Å². The minimum Gasteiger partial charge on any atom is -0.374 e. The average molecular weight is 300 g/mol. The second-order valence-electron chi connectivity index (χ2n) is 5.37. The highest BCUT2D eigenvalue weighted by molar-refractivity contribution is 6.33. The molecule has 3 aromatic rings. The van der Waals surface area contributed by atoms with Crippen LogP contribution in [0.2, 0.25) is 5.02 Å². The molecule has 4 heteroatoms. The number of fused-ring (bicyclic) bond motifs is 1. The molecule has 0 saturated carbocycles. The van der Waals surface area contributed by atoms with Crippen molar-refractivity contribution < 1.29 is 0 Å². The summed E-state index contributed by atoms with van der Waals surface area (Å²) in [5.41, 5.74) is 4.23. The topological polar surface area (TPSA) is 29.9 Å². The quantitative estimate of drug-likeness (QED) is 0.759. The van der Waals surface area contributed by atoms with Gasteiger partial charge in [0.15, 0.2) is 0 Å². The number of aromatic nitrogens is 2. The van der Waals surface area contributed by atoms with Crippen LogP contribution in [-0.4, -0.2) is 9.55 Å². The first-order valence-electron chi connectivity index (χ1n) is 7.00. The third-order valence-corrected chi connectivity index (χ3v) is 4.02. The maximum absolute atomic E-state index is 6.29. The van der Waals surface area contributed by atoms with Crippen LogP contribution in [0, 0.1) is 6.92 Å². The lowest BCUT2D eigenvalue weighted by Crippen LogP contribution is -2.12. The number of para-hydroxylation sites is 2. The van der Waals surface area contributed by atoms with E-state index >= 15 is 0 Å². The minimum absolute atomic E-state index is 0.0719. The largest absolute Gasteiger partial charge is 0.374 e. The zero-order chi connectivity index (χ0) is 15.0. The fourth-order valence-corrected chi connectivity index (χ4v) is 2.88. The van der Waals surface area contributed by atoms with Crippen LogP contribution in [0.5, 0.6) is 0 Å². The molecule has 0 aliphatic rings.